The first-order chi connectivity index (χ1) is 5.93. The van der Waals surface area contributed by atoms with Gasteiger partial charge in [0.1, 0.15) is 5.78 Å². The third kappa shape index (κ3) is 6.72. The van der Waals surface area contributed by atoms with Crippen LogP contribution in [0.15, 0.2) is 0 Å². The molecule has 2 N–H and O–H groups in total. The minimum Gasteiger partial charge on any atom is -0.328 e. The minimum atomic E-state index is 0. The molecule has 0 amide bonds. The van der Waals surface area contributed by atoms with Crippen LogP contribution in [0.2, 0.25) is 0 Å². The summed E-state index contributed by atoms with van der Waals surface area (Å²) in [7, 11) is 0. The van der Waals surface area contributed by atoms with Crippen molar-refractivity contribution in [3.05, 3.63) is 0 Å². The SMILES string of the molecule is CC(C)N.CC(C)N1CCC(=O)C1.[HH]. The van der Waals surface area contributed by atoms with Gasteiger partial charge < -0.3 is 5.73 Å². The Morgan fingerprint density at radius 1 is 1.38 bits per heavy atom. The molecule has 1 saturated heterocycles. The van der Waals surface area contributed by atoms with Crippen molar-refractivity contribution in [1.82, 2.24) is 4.90 Å². The number of likely N-dealkylation sites (tertiary alicyclic amines) is 1. The highest BCUT2D eigenvalue weighted by molar-refractivity contribution is 5.82. The van der Waals surface area contributed by atoms with Gasteiger partial charge in [0, 0.05) is 20.4 Å². The highest BCUT2D eigenvalue weighted by Gasteiger charge is 2.20. The molecule has 0 radical (unpaired) electrons. The van der Waals surface area contributed by atoms with Gasteiger partial charge in [-0.25, -0.2) is 0 Å². The Morgan fingerprint density at radius 2 is 1.85 bits per heavy atom. The Hall–Kier alpha value is -0.410. The maximum absolute atomic E-state index is 10.7. The fraction of sp³-hybridized carbons (Fsp3) is 0.900. The van der Waals surface area contributed by atoms with Gasteiger partial charge in [0.25, 0.3) is 0 Å². The molecule has 0 aliphatic carbocycles. The summed E-state index contributed by atoms with van der Waals surface area (Å²) < 4.78 is 0. The number of hydrogen-bond donors (Lipinski definition) is 1. The molecule has 80 valence electrons. The molecule has 0 aromatic carbocycles. The molecule has 3 nitrogen and oxygen atoms in total. The average Bonchev–Trinajstić information content (AvgIpc) is 2.34. The molecule has 1 heterocycles. The Bertz CT molecular complexity index is 157. The van der Waals surface area contributed by atoms with Crippen LogP contribution in [0, 0.1) is 0 Å². The molecule has 0 bridgehead atoms. The first kappa shape index (κ1) is 12.6. The maximum atomic E-state index is 10.7. The Balaban J connectivity index is 0. The fourth-order valence-corrected chi connectivity index (χ4v) is 1.09. The summed E-state index contributed by atoms with van der Waals surface area (Å²) >= 11 is 0. The van der Waals surface area contributed by atoms with E-state index in [-0.39, 0.29) is 1.43 Å². The molecule has 0 aromatic rings. The van der Waals surface area contributed by atoms with Gasteiger partial charge in [0.15, 0.2) is 0 Å². The lowest BCUT2D eigenvalue weighted by Crippen LogP contribution is -2.28. The number of nitrogens with zero attached hydrogens (tertiary/aromatic N) is 1. The summed E-state index contributed by atoms with van der Waals surface area (Å²) in [6, 6.07) is 0.872. The van der Waals surface area contributed by atoms with Crippen molar-refractivity contribution in [2.45, 2.75) is 46.2 Å². The van der Waals surface area contributed by atoms with Crippen molar-refractivity contribution < 1.29 is 6.22 Å². The van der Waals surface area contributed by atoms with E-state index in [4.69, 9.17) is 5.73 Å². The van der Waals surface area contributed by atoms with Gasteiger partial charge in [0.2, 0.25) is 0 Å². The zero-order valence-corrected chi connectivity index (χ0v) is 9.21. The van der Waals surface area contributed by atoms with E-state index in [1.807, 2.05) is 13.8 Å². The molecule has 1 fully saturated rings. The number of hydrogen-bond acceptors (Lipinski definition) is 3. The zero-order chi connectivity index (χ0) is 10.4. The molecule has 0 aromatic heterocycles. The number of ketones is 1. The van der Waals surface area contributed by atoms with Crippen molar-refractivity contribution in [1.29, 1.82) is 0 Å². The summed E-state index contributed by atoms with van der Waals surface area (Å²) in [5.41, 5.74) is 5.11. The zero-order valence-electron chi connectivity index (χ0n) is 9.21. The van der Waals surface area contributed by atoms with E-state index in [9.17, 15) is 4.79 Å². The number of carbonyl (C=O) groups is 1. The van der Waals surface area contributed by atoms with Crippen LogP contribution >= 0.6 is 0 Å². The van der Waals surface area contributed by atoms with Crippen LogP contribution < -0.4 is 5.73 Å². The second-order valence-corrected chi connectivity index (χ2v) is 4.10. The molecule has 1 aliphatic rings. The largest absolute Gasteiger partial charge is 0.328 e. The molecular weight excluding hydrogens is 164 g/mol. The van der Waals surface area contributed by atoms with Gasteiger partial charge in [-0.2, -0.15) is 0 Å². The van der Waals surface area contributed by atoms with Gasteiger partial charge in [-0.1, -0.05) is 13.8 Å². The molecule has 1 aliphatic heterocycles. The monoisotopic (exact) mass is 188 g/mol. The Morgan fingerprint density at radius 3 is 2.00 bits per heavy atom. The second-order valence-electron chi connectivity index (χ2n) is 4.10. The van der Waals surface area contributed by atoms with Gasteiger partial charge in [-0.15, -0.1) is 0 Å². The van der Waals surface area contributed by atoms with E-state index in [0.717, 1.165) is 13.0 Å². The number of nitrogens with two attached hydrogens (primary N) is 1. The van der Waals surface area contributed by atoms with E-state index in [1.54, 1.807) is 0 Å². The normalized spacial score (nSPS) is 17.9. The second kappa shape index (κ2) is 6.11. The van der Waals surface area contributed by atoms with E-state index >= 15 is 0 Å². The predicted molar refractivity (Wildman–Crippen MR) is 57.8 cm³/mol. The van der Waals surface area contributed by atoms with Crippen LogP contribution in [0.3, 0.4) is 0 Å². The van der Waals surface area contributed by atoms with Crippen molar-refractivity contribution in [3.8, 4) is 0 Å². The lowest BCUT2D eigenvalue weighted by Gasteiger charge is -2.17. The van der Waals surface area contributed by atoms with Crippen molar-refractivity contribution in [2.75, 3.05) is 13.1 Å². The highest BCUT2D eigenvalue weighted by atomic mass is 16.1. The number of carbonyl (C=O) groups excluding carboxylic acids is 1. The fourth-order valence-electron chi connectivity index (χ4n) is 1.09. The quantitative estimate of drug-likeness (QED) is 0.674. The van der Waals surface area contributed by atoms with Gasteiger partial charge in [0.05, 0.1) is 6.54 Å². The smallest absolute Gasteiger partial charge is 0.148 e. The van der Waals surface area contributed by atoms with Gasteiger partial charge >= 0.3 is 0 Å². The first-order valence-electron chi connectivity index (χ1n) is 4.94. The van der Waals surface area contributed by atoms with E-state index < -0.39 is 0 Å². The van der Waals surface area contributed by atoms with Gasteiger partial charge in [-0.3, -0.25) is 9.69 Å². The molecule has 0 unspecified atom stereocenters. The standard InChI is InChI=1S/C7H13NO.C3H9N.H2/c1-6(2)8-4-3-7(9)5-8;1-3(2)4;/h6H,3-5H2,1-2H3;3H,4H2,1-2H3;1H. The van der Waals surface area contributed by atoms with Crippen LogP contribution in [0.5, 0.6) is 0 Å². The Kier molecular flexibility index (Phi) is 5.91. The molecule has 13 heavy (non-hydrogen) atoms. The summed E-state index contributed by atoms with van der Waals surface area (Å²) in [4.78, 5) is 12.9. The van der Waals surface area contributed by atoms with Crippen molar-refractivity contribution in [3.63, 3.8) is 0 Å². The topological polar surface area (TPSA) is 46.3 Å². The van der Waals surface area contributed by atoms with E-state index in [1.165, 1.54) is 0 Å². The maximum Gasteiger partial charge on any atom is 0.148 e. The molecule has 0 spiro atoms. The van der Waals surface area contributed by atoms with Crippen LogP contribution in [0.25, 0.3) is 0 Å². The highest BCUT2D eigenvalue weighted by Crippen LogP contribution is 2.07. The number of rotatable bonds is 1. The molecular formula is C10H24N2O. The average molecular weight is 188 g/mol. The minimum absolute atomic E-state index is 0. The van der Waals surface area contributed by atoms with Crippen LogP contribution in [-0.2, 0) is 4.79 Å². The molecule has 0 atom stereocenters. The molecule has 3 heteroatoms. The molecule has 0 saturated carbocycles. The molecule has 1 rings (SSSR count). The van der Waals surface area contributed by atoms with Crippen LogP contribution in [0.4, 0.5) is 0 Å². The van der Waals surface area contributed by atoms with E-state index in [0.29, 0.717) is 24.4 Å². The van der Waals surface area contributed by atoms with Gasteiger partial charge in [-0.05, 0) is 19.9 Å². The summed E-state index contributed by atoms with van der Waals surface area (Å²) in [6.07, 6.45) is 0.762. The summed E-state index contributed by atoms with van der Waals surface area (Å²) in [5, 5.41) is 0. The third-order valence-electron chi connectivity index (χ3n) is 1.79. The van der Waals surface area contributed by atoms with E-state index in [2.05, 4.69) is 18.7 Å². The predicted octanol–water partition coefficient (Wildman–Crippen LogP) is 1.27. The van der Waals surface area contributed by atoms with Crippen molar-refractivity contribution >= 4 is 5.78 Å². The summed E-state index contributed by atoms with van der Waals surface area (Å²) in [5.74, 6) is 0.392. The number of Topliss-reactive ketones (excluding diaryl/α,β-unsaturated/α-hetero) is 1. The Labute approximate surface area is 82.8 Å². The van der Waals surface area contributed by atoms with Crippen LogP contribution in [0.1, 0.15) is 35.5 Å². The van der Waals surface area contributed by atoms with Crippen LogP contribution in [-0.4, -0.2) is 35.9 Å². The summed E-state index contributed by atoms with van der Waals surface area (Å²) in [6.45, 7) is 9.78. The van der Waals surface area contributed by atoms with Crippen molar-refractivity contribution in [2.24, 2.45) is 5.73 Å². The third-order valence-corrected chi connectivity index (χ3v) is 1.79. The lowest BCUT2D eigenvalue weighted by molar-refractivity contribution is -0.117. The lowest BCUT2D eigenvalue weighted by atomic mass is 10.3. The first-order valence-corrected chi connectivity index (χ1v) is 4.94.